The summed E-state index contributed by atoms with van der Waals surface area (Å²) in [6.45, 7) is 4.42. The molecule has 2 heterocycles. The summed E-state index contributed by atoms with van der Waals surface area (Å²) in [5.41, 5.74) is 2.86. The number of carbonyl (C=O) groups excluding carboxylic acids is 1. The molecule has 0 bridgehead atoms. The minimum atomic E-state index is -0.00511. The maximum Gasteiger partial charge on any atom is 0.274 e. The molecule has 1 saturated heterocycles. The molecule has 5 heteroatoms. The van der Waals surface area contributed by atoms with Crippen LogP contribution in [0.25, 0.3) is 0 Å². The Labute approximate surface area is 143 Å². The lowest BCUT2D eigenvalue weighted by Gasteiger charge is -2.19. The zero-order valence-corrected chi connectivity index (χ0v) is 14.2. The van der Waals surface area contributed by atoms with Gasteiger partial charge in [-0.15, -0.1) is 10.2 Å². The van der Waals surface area contributed by atoms with E-state index in [0.717, 1.165) is 25.9 Å². The van der Waals surface area contributed by atoms with E-state index in [4.69, 9.17) is 0 Å². The highest BCUT2D eigenvalue weighted by Gasteiger charge is 2.18. The van der Waals surface area contributed by atoms with Gasteiger partial charge in [0.05, 0.1) is 0 Å². The van der Waals surface area contributed by atoms with Gasteiger partial charge in [0.1, 0.15) is 5.82 Å². The highest BCUT2D eigenvalue weighted by atomic mass is 16.2. The van der Waals surface area contributed by atoms with Crippen LogP contribution in [0.2, 0.25) is 0 Å². The zero-order chi connectivity index (χ0) is 16.8. The number of benzene rings is 1. The fraction of sp³-hybridized carbons (Fsp3) is 0.421. The summed E-state index contributed by atoms with van der Waals surface area (Å²) >= 11 is 0. The third-order valence-electron chi connectivity index (χ3n) is 4.37. The SMILES string of the molecule is Cc1ccc(CNc2ccc(C(=O)N3CCCCCC3)nn2)cc1. The molecule has 24 heavy (non-hydrogen) atoms. The van der Waals surface area contributed by atoms with Gasteiger partial charge in [0.25, 0.3) is 5.91 Å². The fourth-order valence-corrected chi connectivity index (χ4v) is 2.87. The summed E-state index contributed by atoms with van der Waals surface area (Å²) in [7, 11) is 0. The van der Waals surface area contributed by atoms with Gasteiger partial charge < -0.3 is 10.2 Å². The molecule has 5 nitrogen and oxygen atoms in total. The van der Waals surface area contributed by atoms with E-state index >= 15 is 0 Å². The first kappa shape index (κ1) is 16.4. The van der Waals surface area contributed by atoms with Crippen molar-refractivity contribution in [2.45, 2.75) is 39.2 Å². The normalized spacial score (nSPS) is 15.0. The Morgan fingerprint density at radius 3 is 2.33 bits per heavy atom. The van der Waals surface area contributed by atoms with Crippen LogP contribution >= 0.6 is 0 Å². The van der Waals surface area contributed by atoms with Crippen molar-refractivity contribution in [3.05, 3.63) is 53.2 Å². The second kappa shape index (κ2) is 7.90. The van der Waals surface area contributed by atoms with Crippen LogP contribution in [0.15, 0.2) is 36.4 Å². The number of amides is 1. The van der Waals surface area contributed by atoms with E-state index in [1.54, 1.807) is 6.07 Å². The number of hydrogen-bond acceptors (Lipinski definition) is 4. The van der Waals surface area contributed by atoms with E-state index in [-0.39, 0.29) is 5.91 Å². The van der Waals surface area contributed by atoms with E-state index in [2.05, 4.69) is 46.7 Å². The standard InChI is InChI=1S/C19H24N4O/c1-15-6-8-16(9-7-15)14-20-18-11-10-17(21-22-18)19(24)23-12-4-2-3-5-13-23/h6-11H,2-5,12-14H2,1H3,(H,20,22). The van der Waals surface area contributed by atoms with E-state index < -0.39 is 0 Å². The Kier molecular flexibility index (Phi) is 5.41. The van der Waals surface area contributed by atoms with Crippen LogP contribution < -0.4 is 5.32 Å². The molecular formula is C19H24N4O. The molecule has 0 saturated carbocycles. The van der Waals surface area contributed by atoms with Gasteiger partial charge in [-0.3, -0.25) is 4.79 Å². The molecule has 1 amide bonds. The van der Waals surface area contributed by atoms with Crippen LogP contribution in [0.3, 0.4) is 0 Å². The Morgan fingerprint density at radius 1 is 1.00 bits per heavy atom. The highest BCUT2D eigenvalue weighted by Crippen LogP contribution is 2.13. The molecule has 126 valence electrons. The van der Waals surface area contributed by atoms with Crippen LogP contribution in [0.5, 0.6) is 0 Å². The molecule has 1 N–H and O–H groups in total. The molecule has 1 aromatic carbocycles. The summed E-state index contributed by atoms with van der Waals surface area (Å²) in [5.74, 6) is 0.678. The summed E-state index contributed by atoms with van der Waals surface area (Å²) < 4.78 is 0. The molecule has 0 atom stereocenters. The molecule has 1 aliphatic heterocycles. The Bertz CT molecular complexity index is 659. The number of anilines is 1. The molecule has 1 aromatic heterocycles. The van der Waals surface area contributed by atoms with Gasteiger partial charge in [-0.25, -0.2) is 0 Å². The van der Waals surface area contributed by atoms with Crippen molar-refractivity contribution >= 4 is 11.7 Å². The third kappa shape index (κ3) is 4.31. The van der Waals surface area contributed by atoms with Crippen LogP contribution in [-0.2, 0) is 6.54 Å². The molecule has 0 aliphatic carbocycles. The summed E-state index contributed by atoms with van der Waals surface area (Å²) in [6, 6.07) is 11.9. The highest BCUT2D eigenvalue weighted by molar-refractivity contribution is 5.92. The minimum absolute atomic E-state index is 0.00511. The smallest absolute Gasteiger partial charge is 0.274 e. The summed E-state index contributed by atoms with van der Waals surface area (Å²) in [4.78, 5) is 14.4. The van der Waals surface area contributed by atoms with Gasteiger partial charge in [-0.1, -0.05) is 42.7 Å². The first-order valence-electron chi connectivity index (χ1n) is 8.65. The van der Waals surface area contributed by atoms with Gasteiger partial charge >= 0.3 is 0 Å². The average molecular weight is 324 g/mol. The van der Waals surface area contributed by atoms with Gasteiger partial charge in [0, 0.05) is 19.6 Å². The van der Waals surface area contributed by atoms with Gasteiger partial charge in [0.15, 0.2) is 5.69 Å². The lowest BCUT2D eigenvalue weighted by molar-refractivity contribution is 0.0754. The molecule has 0 unspecified atom stereocenters. The second-order valence-corrected chi connectivity index (χ2v) is 6.35. The number of rotatable bonds is 4. The monoisotopic (exact) mass is 324 g/mol. The Balaban J connectivity index is 1.58. The van der Waals surface area contributed by atoms with Gasteiger partial charge in [0.2, 0.25) is 0 Å². The molecule has 0 spiro atoms. The largest absolute Gasteiger partial charge is 0.365 e. The average Bonchev–Trinajstić information content (AvgIpc) is 2.90. The van der Waals surface area contributed by atoms with Crippen molar-refractivity contribution in [1.82, 2.24) is 15.1 Å². The van der Waals surface area contributed by atoms with Crippen LogP contribution in [0.4, 0.5) is 5.82 Å². The number of aryl methyl sites for hydroxylation is 1. The van der Waals surface area contributed by atoms with Crippen molar-refractivity contribution in [1.29, 1.82) is 0 Å². The van der Waals surface area contributed by atoms with E-state index in [1.807, 2.05) is 11.0 Å². The van der Waals surface area contributed by atoms with Crippen LogP contribution in [0, 0.1) is 6.92 Å². The minimum Gasteiger partial charge on any atom is -0.365 e. The Hall–Kier alpha value is -2.43. The number of nitrogens with one attached hydrogen (secondary N) is 1. The maximum atomic E-state index is 12.5. The number of hydrogen-bond donors (Lipinski definition) is 1. The molecule has 1 fully saturated rings. The second-order valence-electron chi connectivity index (χ2n) is 6.35. The van der Waals surface area contributed by atoms with Crippen LogP contribution in [0.1, 0.15) is 47.3 Å². The molecular weight excluding hydrogens is 300 g/mol. The van der Waals surface area contributed by atoms with Crippen molar-refractivity contribution in [3.8, 4) is 0 Å². The predicted octanol–water partition coefficient (Wildman–Crippen LogP) is 3.41. The van der Waals surface area contributed by atoms with Crippen LogP contribution in [-0.4, -0.2) is 34.1 Å². The Morgan fingerprint density at radius 2 is 1.71 bits per heavy atom. The quantitative estimate of drug-likeness (QED) is 0.936. The fourth-order valence-electron chi connectivity index (χ4n) is 2.87. The van der Waals surface area contributed by atoms with E-state index in [0.29, 0.717) is 18.1 Å². The number of aromatic nitrogens is 2. The van der Waals surface area contributed by atoms with Crippen molar-refractivity contribution in [2.24, 2.45) is 0 Å². The summed E-state index contributed by atoms with van der Waals surface area (Å²) in [5, 5.41) is 11.5. The molecule has 3 rings (SSSR count). The van der Waals surface area contributed by atoms with Crippen molar-refractivity contribution in [3.63, 3.8) is 0 Å². The number of carbonyl (C=O) groups is 1. The molecule has 2 aromatic rings. The summed E-state index contributed by atoms with van der Waals surface area (Å²) in [6.07, 6.45) is 4.57. The zero-order valence-electron chi connectivity index (χ0n) is 14.2. The topological polar surface area (TPSA) is 58.1 Å². The molecule has 1 aliphatic rings. The lowest BCUT2D eigenvalue weighted by atomic mass is 10.1. The molecule has 0 radical (unpaired) electrons. The first-order chi connectivity index (χ1) is 11.7. The third-order valence-corrected chi connectivity index (χ3v) is 4.37. The predicted molar refractivity (Wildman–Crippen MR) is 94.9 cm³/mol. The van der Waals surface area contributed by atoms with Gasteiger partial charge in [-0.05, 0) is 37.5 Å². The number of nitrogens with zero attached hydrogens (tertiary/aromatic N) is 3. The van der Waals surface area contributed by atoms with Gasteiger partial charge in [-0.2, -0.15) is 0 Å². The first-order valence-corrected chi connectivity index (χ1v) is 8.65. The van der Waals surface area contributed by atoms with Crippen molar-refractivity contribution < 1.29 is 4.79 Å². The van der Waals surface area contributed by atoms with E-state index in [1.165, 1.54) is 24.0 Å². The van der Waals surface area contributed by atoms with Crippen molar-refractivity contribution in [2.75, 3.05) is 18.4 Å². The lowest BCUT2D eigenvalue weighted by Crippen LogP contribution is -2.32. The maximum absolute atomic E-state index is 12.5. The number of likely N-dealkylation sites (tertiary alicyclic amines) is 1. The van der Waals surface area contributed by atoms with E-state index in [9.17, 15) is 4.79 Å².